The molecule has 1 aromatic heterocycles. The number of ketones is 1. The fourth-order valence-electron chi connectivity index (χ4n) is 1.97. The highest BCUT2D eigenvalue weighted by atomic mass is 35.5. The first-order valence-electron chi connectivity index (χ1n) is 6.63. The number of carbonyl (C=O) groups excluding carboxylic acids is 1. The molecule has 2 nitrogen and oxygen atoms in total. The van der Waals surface area contributed by atoms with Gasteiger partial charge in [0.1, 0.15) is 0 Å². The van der Waals surface area contributed by atoms with Crippen LogP contribution in [0.5, 0.6) is 0 Å². The van der Waals surface area contributed by atoms with Gasteiger partial charge in [0.15, 0.2) is 5.78 Å². The lowest BCUT2D eigenvalue weighted by atomic mass is 10.1. The number of thiophene rings is 1. The maximum absolute atomic E-state index is 12.3. The summed E-state index contributed by atoms with van der Waals surface area (Å²) in [5.41, 5.74) is 1.22. The summed E-state index contributed by atoms with van der Waals surface area (Å²) in [4.78, 5) is 15.2. The number of rotatable bonds is 6. The summed E-state index contributed by atoms with van der Waals surface area (Å²) in [5.74, 6) is 0.131. The Balaban J connectivity index is 2.04. The molecular weight excluding hydrogens is 290 g/mol. The zero-order valence-corrected chi connectivity index (χ0v) is 13.2. The van der Waals surface area contributed by atoms with E-state index in [2.05, 4.69) is 30.9 Å². The van der Waals surface area contributed by atoms with Gasteiger partial charge in [-0.25, -0.2) is 0 Å². The first-order valence-corrected chi connectivity index (χ1v) is 7.82. The monoisotopic (exact) mass is 307 g/mol. The predicted molar refractivity (Wildman–Crippen MR) is 85.6 cm³/mol. The quantitative estimate of drug-likeness (QED) is 0.733. The van der Waals surface area contributed by atoms with Crippen LogP contribution in [0.1, 0.15) is 29.1 Å². The van der Waals surface area contributed by atoms with Gasteiger partial charge in [0.25, 0.3) is 0 Å². The second-order valence-corrected chi connectivity index (χ2v) is 6.73. The minimum atomic E-state index is 0.131. The Bertz CT molecular complexity index is 565. The molecular formula is C16H18ClNOS. The molecule has 0 saturated carbocycles. The van der Waals surface area contributed by atoms with Gasteiger partial charge in [-0.15, -0.1) is 11.3 Å². The van der Waals surface area contributed by atoms with Crippen molar-refractivity contribution in [3.05, 3.63) is 57.2 Å². The minimum Gasteiger partial charge on any atom is -0.292 e. The van der Waals surface area contributed by atoms with Gasteiger partial charge in [-0.3, -0.25) is 9.69 Å². The van der Waals surface area contributed by atoms with Crippen LogP contribution in [0.3, 0.4) is 0 Å². The normalized spacial score (nSPS) is 11.2. The van der Waals surface area contributed by atoms with Crippen LogP contribution in [0.15, 0.2) is 42.5 Å². The highest BCUT2D eigenvalue weighted by Crippen LogP contribution is 2.22. The van der Waals surface area contributed by atoms with Crippen LogP contribution < -0.4 is 0 Å². The van der Waals surface area contributed by atoms with E-state index in [-0.39, 0.29) is 5.78 Å². The lowest BCUT2D eigenvalue weighted by Gasteiger charge is -2.25. The van der Waals surface area contributed by atoms with Gasteiger partial charge in [0.05, 0.1) is 15.8 Å². The molecule has 0 unspecified atom stereocenters. The summed E-state index contributed by atoms with van der Waals surface area (Å²) in [6.45, 7) is 5.42. The lowest BCUT2D eigenvalue weighted by molar-refractivity contribution is 0.0902. The topological polar surface area (TPSA) is 20.3 Å². The number of hydrogen-bond acceptors (Lipinski definition) is 3. The second-order valence-electron chi connectivity index (χ2n) is 5.01. The maximum atomic E-state index is 12.3. The third-order valence-electron chi connectivity index (χ3n) is 3.15. The molecule has 0 aliphatic heterocycles. The summed E-state index contributed by atoms with van der Waals surface area (Å²) in [7, 11) is 0. The summed E-state index contributed by atoms with van der Waals surface area (Å²) < 4.78 is 0.660. The highest BCUT2D eigenvalue weighted by Gasteiger charge is 2.17. The standard InChI is InChI=1S/C16H18ClNOS/c1-12(2)18(10-13-6-4-3-5-7-13)11-14(19)15-8-9-16(17)20-15/h3-9,12H,10-11H2,1-2H3. The van der Waals surface area contributed by atoms with Crippen LogP contribution in [0.25, 0.3) is 0 Å². The lowest BCUT2D eigenvalue weighted by Crippen LogP contribution is -2.35. The minimum absolute atomic E-state index is 0.131. The van der Waals surface area contributed by atoms with Gasteiger partial charge in [-0.1, -0.05) is 41.9 Å². The van der Waals surface area contributed by atoms with Crippen molar-refractivity contribution >= 4 is 28.7 Å². The third kappa shape index (κ3) is 4.17. The third-order valence-corrected chi connectivity index (χ3v) is 4.43. The van der Waals surface area contributed by atoms with E-state index >= 15 is 0 Å². The smallest absolute Gasteiger partial charge is 0.186 e. The van der Waals surface area contributed by atoms with Crippen molar-refractivity contribution in [3.8, 4) is 0 Å². The Hall–Kier alpha value is -1.16. The molecule has 106 valence electrons. The largest absolute Gasteiger partial charge is 0.292 e. The SMILES string of the molecule is CC(C)N(CC(=O)c1ccc(Cl)s1)Cc1ccccc1. The molecule has 0 aliphatic carbocycles. The van der Waals surface area contributed by atoms with Crippen molar-refractivity contribution in [2.75, 3.05) is 6.54 Å². The summed E-state index contributed by atoms with van der Waals surface area (Å²) in [6, 6.07) is 14.1. The molecule has 0 bridgehead atoms. The van der Waals surface area contributed by atoms with Gasteiger partial charge in [-0.05, 0) is 31.5 Å². The number of carbonyl (C=O) groups is 1. The fourth-order valence-corrected chi connectivity index (χ4v) is 2.94. The maximum Gasteiger partial charge on any atom is 0.186 e. The highest BCUT2D eigenvalue weighted by molar-refractivity contribution is 7.18. The molecule has 2 aromatic rings. The Labute approximate surface area is 129 Å². The van der Waals surface area contributed by atoms with E-state index in [1.165, 1.54) is 16.9 Å². The molecule has 0 spiro atoms. The molecule has 20 heavy (non-hydrogen) atoms. The van der Waals surface area contributed by atoms with Crippen molar-refractivity contribution in [3.63, 3.8) is 0 Å². The number of Topliss-reactive ketones (excluding diaryl/α,β-unsaturated/α-hetero) is 1. The second kappa shape index (κ2) is 7.02. The molecule has 0 aliphatic rings. The van der Waals surface area contributed by atoms with Crippen LogP contribution >= 0.6 is 22.9 Å². The Morgan fingerprint density at radius 2 is 1.90 bits per heavy atom. The van der Waals surface area contributed by atoms with Gasteiger partial charge < -0.3 is 0 Å². The molecule has 0 amide bonds. The van der Waals surface area contributed by atoms with Gasteiger partial charge in [-0.2, -0.15) is 0 Å². The molecule has 1 heterocycles. The zero-order valence-electron chi connectivity index (χ0n) is 11.7. The van der Waals surface area contributed by atoms with E-state index in [4.69, 9.17) is 11.6 Å². The van der Waals surface area contributed by atoms with Crippen molar-refractivity contribution in [2.45, 2.75) is 26.4 Å². The van der Waals surface area contributed by atoms with Crippen LogP contribution in [-0.4, -0.2) is 23.3 Å². The van der Waals surface area contributed by atoms with E-state index in [1.54, 1.807) is 12.1 Å². The van der Waals surface area contributed by atoms with Crippen molar-refractivity contribution in [2.24, 2.45) is 0 Å². The van der Waals surface area contributed by atoms with E-state index in [1.807, 2.05) is 18.2 Å². The molecule has 1 aromatic carbocycles. The molecule has 2 rings (SSSR count). The van der Waals surface area contributed by atoms with E-state index in [9.17, 15) is 4.79 Å². The van der Waals surface area contributed by atoms with E-state index in [0.29, 0.717) is 16.9 Å². The Morgan fingerprint density at radius 1 is 1.20 bits per heavy atom. The number of hydrogen-bond donors (Lipinski definition) is 0. The molecule has 4 heteroatoms. The number of benzene rings is 1. The molecule has 0 N–H and O–H groups in total. The number of nitrogens with zero attached hydrogens (tertiary/aromatic N) is 1. The fraction of sp³-hybridized carbons (Fsp3) is 0.312. The van der Waals surface area contributed by atoms with Crippen LogP contribution in [0, 0.1) is 0 Å². The van der Waals surface area contributed by atoms with Crippen LogP contribution in [0.2, 0.25) is 4.34 Å². The zero-order chi connectivity index (χ0) is 14.5. The Kier molecular flexibility index (Phi) is 5.35. The summed E-state index contributed by atoms with van der Waals surface area (Å²) >= 11 is 7.23. The van der Waals surface area contributed by atoms with Crippen LogP contribution in [-0.2, 0) is 6.54 Å². The molecule has 0 radical (unpaired) electrons. The van der Waals surface area contributed by atoms with Crippen LogP contribution in [0.4, 0.5) is 0 Å². The van der Waals surface area contributed by atoms with Gasteiger partial charge in [0.2, 0.25) is 0 Å². The van der Waals surface area contributed by atoms with Crippen molar-refractivity contribution < 1.29 is 4.79 Å². The van der Waals surface area contributed by atoms with E-state index < -0.39 is 0 Å². The molecule has 0 atom stereocenters. The molecule has 0 saturated heterocycles. The van der Waals surface area contributed by atoms with Gasteiger partial charge >= 0.3 is 0 Å². The number of halogens is 1. The molecule has 0 fully saturated rings. The average molecular weight is 308 g/mol. The van der Waals surface area contributed by atoms with Crippen molar-refractivity contribution in [1.29, 1.82) is 0 Å². The van der Waals surface area contributed by atoms with Crippen molar-refractivity contribution in [1.82, 2.24) is 4.90 Å². The Morgan fingerprint density at radius 3 is 2.45 bits per heavy atom. The summed E-state index contributed by atoms with van der Waals surface area (Å²) in [5, 5.41) is 0. The summed E-state index contributed by atoms with van der Waals surface area (Å²) in [6.07, 6.45) is 0. The first kappa shape index (κ1) is 15.2. The predicted octanol–water partition coefficient (Wildman–Crippen LogP) is 4.49. The first-order chi connectivity index (χ1) is 9.56. The van der Waals surface area contributed by atoms with E-state index in [0.717, 1.165) is 11.4 Å². The van der Waals surface area contributed by atoms with Gasteiger partial charge in [0, 0.05) is 12.6 Å². The average Bonchev–Trinajstić information content (AvgIpc) is 2.86.